The first-order valence-electron chi connectivity index (χ1n) is 5.67. The molecule has 0 bridgehead atoms. The summed E-state index contributed by atoms with van der Waals surface area (Å²) >= 11 is 13.4. The fourth-order valence-electron chi connectivity index (χ4n) is 1.71. The van der Waals surface area contributed by atoms with Crippen LogP contribution in [0, 0.1) is 5.41 Å². The summed E-state index contributed by atoms with van der Waals surface area (Å²) in [7, 11) is 0. The molecule has 0 amide bonds. The van der Waals surface area contributed by atoms with E-state index in [1.807, 2.05) is 18.4 Å². The van der Waals surface area contributed by atoms with Crippen molar-refractivity contribution >= 4 is 40.8 Å². The van der Waals surface area contributed by atoms with Gasteiger partial charge in [-0.3, -0.25) is 5.41 Å². The van der Waals surface area contributed by atoms with Crippen molar-refractivity contribution in [3.63, 3.8) is 0 Å². The number of hydrogen-bond acceptors (Lipinski definition) is 3. The zero-order valence-corrected chi connectivity index (χ0v) is 12.9. The molecule has 0 aliphatic rings. The highest BCUT2D eigenvalue weighted by molar-refractivity contribution is 7.98. The summed E-state index contributed by atoms with van der Waals surface area (Å²) < 4.78 is 5.77. The van der Waals surface area contributed by atoms with Crippen LogP contribution in [0.4, 0.5) is 0 Å². The van der Waals surface area contributed by atoms with Crippen LogP contribution < -0.4 is 10.5 Å². The summed E-state index contributed by atoms with van der Waals surface area (Å²) in [6.45, 7) is 0. The quantitative estimate of drug-likeness (QED) is 0.482. The third-order valence-corrected chi connectivity index (χ3v) is 3.90. The van der Waals surface area contributed by atoms with E-state index in [4.69, 9.17) is 39.1 Å². The van der Waals surface area contributed by atoms with Crippen LogP contribution in [0.25, 0.3) is 0 Å². The smallest absolute Gasteiger partial charge is 0.146 e. The Kier molecular flexibility index (Phi) is 4.81. The molecule has 2 aromatic rings. The fourth-order valence-corrected chi connectivity index (χ4v) is 2.78. The molecule has 20 heavy (non-hydrogen) atoms. The molecule has 0 aliphatic heterocycles. The Morgan fingerprint density at radius 3 is 2.55 bits per heavy atom. The summed E-state index contributed by atoms with van der Waals surface area (Å²) in [5, 5.41) is 8.64. The normalized spacial score (nSPS) is 10.3. The Morgan fingerprint density at radius 1 is 1.20 bits per heavy atom. The largest absolute Gasteiger partial charge is 0.455 e. The van der Waals surface area contributed by atoms with Gasteiger partial charge in [0.2, 0.25) is 0 Å². The van der Waals surface area contributed by atoms with E-state index >= 15 is 0 Å². The highest BCUT2D eigenvalue weighted by Crippen LogP contribution is 2.35. The van der Waals surface area contributed by atoms with Crippen LogP contribution >= 0.6 is 35.0 Å². The van der Waals surface area contributed by atoms with Crippen molar-refractivity contribution in [1.82, 2.24) is 0 Å². The van der Waals surface area contributed by atoms with Crippen LogP contribution in [0.2, 0.25) is 10.0 Å². The molecule has 0 radical (unpaired) electrons. The van der Waals surface area contributed by atoms with Gasteiger partial charge >= 0.3 is 0 Å². The molecule has 3 N–H and O–H groups in total. The lowest BCUT2D eigenvalue weighted by Crippen LogP contribution is -2.13. The molecule has 0 atom stereocenters. The third-order valence-electron chi connectivity index (χ3n) is 2.59. The molecule has 0 aliphatic carbocycles. The maximum absolute atomic E-state index is 7.70. The van der Waals surface area contributed by atoms with E-state index in [0.29, 0.717) is 27.1 Å². The highest BCUT2D eigenvalue weighted by atomic mass is 35.5. The molecule has 104 valence electrons. The average molecular weight is 327 g/mol. The second kappa shape index (κ2) is 6.39. The van der Waals surface area contributed by atoms with Gasteiger partial charge in [-0.2, -0.15) is 0 Å². The molecular weight excluding hydrogens is 315 g/mol. The lowest BCUT2D eigenvalue weighted by Gasteiger charge is -2.14. The standard InChI is InChI=1S/C14H12Cl2N2OS/c1-20-12-4-2-3-11(13(12)14(17)18)19-10-6-5-8(15)7-9(10)16/h2-7H,1H3,(H3,17,18). The van der Waals surface area contributed by atoms with E-state index in [1.54, 1.807) is 24.3 Å². The zero-order chi connectivity index (χ0) is 14.7. The molecule has 0 saturated carbocycles. The molecule has 2 aromatic carbocycles. The minimum Gasteiger partial charge on any atom is -0.455 e. The summed E-state index contributed by atoms with van der Waals surface area (Å²) in [5.41, 5.74) is 6.20. The van der Waals surface area contributed by atoms with Gasteiger partial charge < -0.3 is 10.5 Å². The van der Waals surface area contributed by atoms with Gasteiger partial charge in [0.05, 0.1) is 10.6 Å². The molecule has 6 heteroatoms. The number of amidine groups is 1. The van der Waals surface area contributed by atoms with Crippen molar-refractivity contribution in [3.8, 4) is 11.5 Å². The molecule has 0 unspecified atom stereocenters. The number of thioether (sulfide) groups is 1. The lowest BCUT2D eigenvalue weighted by molar-refractivity contribution is 0.480. The number of ether oxygens (including phenoxy) is 1. The van der Waals surface area contributed by atoms with Gasteiger partial charge in [0.1, 0.15) is 17.3 Å². The van der Waals surface area contributed by atoms with Crippen molar-refractivity contribution in [2.24, 2.45) is 5.73 Å². The first kappa shape index (κ1) is 15.0. The lowest BCUT2D eigenvalue weighted by atomic mass is 10.2. The molecule has 2 rings (SSSR count). The minimum absolute atomic E-state index is 0.0463. The van der Waals surface area contributed by atoms with Crippen LogP contribution in [0.1, 0.15) is 5.56 Å². The van der Waals surface area contributed by atoms with Crippen molar-refractivity contribution in [1.29, 1.82) is 5.41 Å². The van der Waals surface area contributed by atoms with Gasteiger partial charge in [0.25, 0.3) is 0 Å². The van der Waals surface area contributed by atoms with Gasteiger partial charge in [0.15, 0.2) is 0 Å². The van der Waals surface area contributed by atoms with E-state index in [0.717, 1.165) is 4.90 Å². The summed E-state index contributed by atoms with van der Waals surface area (Å²) in [5.74, 6) is 0.917. The van der Waals surface area contributed by atoms with Crippen molar-refractivity contribution in [2.45, 2.75) is 4.90 Å². The number of rotatable bonds is 4. The van der Waals surface area contributed by atoms with Crippen LogP contribution in [0.3, 0.4) is 0 Å². The van der Waals surface area contributed by atoms with E-state index in [9.17, 15) is 0 Å². The van der Waals surface area contributed by atoms with Crippen LogP contribution in [0.15, 0.2) is 41.3 Å². The first-order valence-corrected chi connectivity index (χ1v) is 7.65. The summed E-state index contributed by atoms with van der Waals surface area (Å²) in [4.78, 5) is 0.875. The Hall–Kier alpha value is -1.36. The summed E-state index contributed by atoms with van der Waals surface area (Å²) in [6, 6.07) is 10.5. The van der Waals surface area contributed by atoms with Gasteiger partial charge in [-0.1, -0.05) is 29.3 Å². The number of nitrogens with one attached hydrogen (secondary N) is 1. The number of halogens is 2. The van der Waals surface area contributed by atoms with Crippen molar-refractivity contribution < 1.29 is 4.74 Å². The molecule has 0 fully saturated rings. The molecule has 0 spiro atoms. The average Bonchev–Trinajstić information content (AvgIpc) is 2.41. The molecule has 0 saturated heterocycles. The second-order valence-electron chi connectivity index (χ2n) is 3.92. The Labute approximate surface area is 131 Å². The number of benzene rings is 2. The highest BCUT2D eigenvalue weighted by Gasteiger charge is 2.14. The second-order valence-corrected chi connectivity index (χ2v) is 5.62. The predicted octanol–water partition coefficient (Wildman–Crippen LogP) is 4.79. The number of nitrogens with two attached hydrogens (primary N) is 1. The summed E-state index contributed by atoms with van der Waals surface area (Å²) in [6.07, 6.45) is 1.92. The maximum atomic E-state index is 7.70. The molecule has 0 aromatic heterocycles. The Balaban J connectivity index is 2.45. The van der Waals surface area contributed by atoms with E-state index < -0.39 is 0 Å². The van der Waals surface area contributed by atoms with E-state index in [-0.39, 0.29) is 5.84 Å². The van der Waals surface area contributed by atoms with Crippen molar-refractivity contribution in [2.75, 3.05) is 6.26 Å². The van der Waals surface area contributed by atoms with Gasteiger partial charge in [-0.25, -0.2) is 0 Å². The van der Waals surface area contributed by atoms with E-state index in [2.05, 4.69) is 0 Å². The first-order chi connectivity index (χ1) is 9.52. The molecule has 3 nitrogen and oxygen atoms in total. The van der Waals surface area contributed by atoms with Crippen LogP contribution in [-0.4, -0.2) is 12.1 Å². The predicted molar refractivity (Wildman–Crippen MR) is 85.8 cm³/mol. The topological polar surface area (TPSA) is 59.1 Å². The van der Waals surface area contributed by atoms with Crippen LogP contribution in [0.5, 0.6) is 11.5 Å². The Morgan fingerprint density at radius 2 is 1.95 bits per heavy atom. The minimum atomic E-state index is -0.0463. The fraction of sp³-hybridized carbons (Fsp3) is 0.0714. The SMILES string of the molecule is CSc1cccc(Oc2ccc(Cl)cc2Cl)c1C(=N)N. The van der Waals surface area contributed by atoms with Gasteiger partial charge in [-0.15, -0.1) is 11.8 Å². The molecular formula is C14H12Cl2N2OS. The third kappa shape index (κ3) is 3.20. The van der Waals surface area contributed by atoms with Gasteiger partial charge in [-0.05, 0) is 36.6 Å². The number of hydrogen-bond donors (Lipinski definition) is 2. The maximum Gasteiger partial charge on any atom is 0.146 e. The van der Waals surface area contributed by atoms with Gasteiger partial charge in [0, 0.05) is 9.92 Å². The molecule has 0 heterocycles. The van der Waals surface area contributed by atoms with Crippen LogP contribution in [-0.2, 0) is 0 Å². The van der Waals surface area contributed by atoms with Crippen molar-refractivity contribution in [3.05, 3.63) is 52.0 Å². The zero-order valence-electron chi connectivity index (χ0n) is 10.6. The number of nitrogen functional groups attached to an aromatic ring is 1. The van der Waals surface area contributed by atoms with E-state index in [1.165, 1.54) is 11.8 Å². The Bertz CT molecular complexity index is 662. The monoisotopic (exact) mass is 326 g/mol.